The van der Waals surface area contributed by atoms with Crippen molar-refractivity contribution in [3.63, 3.8) is 0 Å². The van der Waals surface area contributed by atoms with Gasteiger partial charge in [-0.25, -0.2) is 0 Å². The van der Waals surface area contributed by atoms with Gasteiger partial charge < -0.3 is 20.1 Å². The van der Waals surface area contributed by atoms with E-state index >= 15 is 0 Å². The van der Waals surface area contributed by atoms with Crippen LogP contribution < -0.4 is 20.1 Å². The Bertz CT molecular complexity index is 868. The summed E-state index contributed by atoms with van der Waals surface area (Å²) in [4.78, 5) is 25.5. The molecule has 0 aromatic heterocycles. The molecule has 2 aromatic rings. The zero-order valence-electron chi connectivity index (χ0n) is 15.7. The fraction of sp³-hybridized carbons (Fsp3) is 0.364. The maximum atomic E-state index is 13.2. The standard InChI is InChI=1S/C22H24N2O4/c25-20-8-4-5-11-22(24-20,13-16-6-2-1-3-7-16)21(26)23-14-17-9-10-18-19(12-17)28-15-27-18/h1-3,6-7,9-10,12H,4-5,8,11,13-15H2,(H,23,26)(H,24,25). The van der Waals surface area contributed by atoms with E-state index < -0.39 is 5.54 Å². The maximum Gasteiger partial charge on any atom is 0.246 e. The molecule has 1 fully saturated rings. The summed E-state index contributed by atoms with van der Waals surface area (Å²) in [6.07, 6.45) is 3.21. The zero-order chi connectivity index (χ0) is 19.4. The van der Waals surface area contributed by atoms with Gasteiger partial charge in [-0.05, 0) is 36.1 Å². The molecule has 1 saturated heterocycles. The minimum atomic E-state index is -0.925. The van der Waals surface area contributed by atoms with Crippen LogP contribution in [0.3, 0.4) is 0 Å². The molecule has 6 heteroatoms. The molecule has 4 rings (SSSR count). The number of rotatable bonds is 5. The van der Waals surface area contributed by atoms with Gasteiger partial charge in [0.1, 0.15) is 5.54 Å². The van der Waals surface area contributed by atoms with Gasteiger partial charge in [0.15, 0.2) is 11.5 Å². The number of ether oxygens (including phenoxy) is 2. The van der Waals surface area contributed by atoms with Crippen molar-refractivity contribution in [2.24, 2.45) is 0 Å². The second-order valence-corrected chi connectivity index (χ2v) is 7.37. The highest BCUT2D eigenvalue weighted by molar-refractivity contribution is 5.92. The Morgan fingerprint density at radius 1 is 1.04 bits per heavy atom. The van der Waals surface area contributed by atoms with E-state index in [0.29, 0.717) is 37.3 Å². The summed E-state index contributed by atoms with van der Waals surface area (Å²) in [5.41, 5.74) is 1.03. The lowest BCUT2D eigenvalue weighted by Crippen LogP contribution is -2.59. The highest BCUT2D eigenvalue weighted by atomic mass is 16.7. The molecule has 0 saturated carbocycles. The summed E-state index contributed by atoms with van der Waals surface area (Å²) >= 11 is 0. The minimum absolute atomic E-state index is 0.0633. The number of carbonyl (C=O) groups excluding carboxylic acids is 2. The van der Waals surface area contributed by atoms with Crippen LogP contribution in [0.15, 0.2) is 48.5 Å². The fourth-order valence-corrected chi connectivity index (χ4v) is 3.83. The molecule has 28 heavy (non-hydrogen) atoms. The van der Waals surface area contributed by atoms with Crippen LogP contribution in [0.25, 0.3) is 0 Å². The third-order valence-corrected chi connectivity index (χ3v) is 5.31. The number of hydrogen-bond acceptors (Lipinski definition) is 4. The maximum absolute atomic E-state index is 13.2. The molecular formula is C22H24N2O4. The van der Waals surface area contributed by atoms with Crippen molar-refractivity contribution in [3.05, 3.63) is 59.7 Å². The SMILES string of the molecule is O=C1CCCCC(Cc2ccccc2)(C(=O)NCc2ccc3c(c2)OCO3)N1. The first-order valence-electron chi connectivity index (χ1n) is 9.66. The first kappa shape index (κ1) is 18.3. The van der Waals surface area contributed by atoms with Gasteiger partial charge >= 0.3 is 0 Å². The van der Waals surface area contributed by atoms with Crippen LogP contribution in [0.2, 0.25) is 0 Å². The summed E-state index contributed by atoms with van der Waals surface area (Å²) in [5.74, 6) is 1.19. The molecule has 2 aliphatic heterocycles. The zero-order valence-corrected chi connectivity index (χ0v) is 15.7. The van der Waals surface area contributed by atoms with Crippen LogP contribution in [0, 0.1) is 0 Å². The lowest BCUT2D eigenvalue weighted by molar-refractivity contribution is -0.133. The van der Waals surface area contributed by atoms with Crippen molar-refractivity contribution in [1.29, 1.82) is 0 Å². The van der Waals surface area contributed by atoms with E-state index in [4.69, 9.17) is 9.47 Å². The molecule has 2 amide bonds. The van der Waals surface area contributed by atoms with Crippen LogP contribution >= 0.6 is 0 Å². The first-order chi connectivity index (χ1) is 13.6. The normalized spacial score (nSPS) is 20.9. The largest absolute Gasteiger partial charge is 0.454 e. The van der Waals surface area contributed by atoms with Crippen molar-refractivity contribution >= 4 is 11.8 Å². The predicted octanol–water partition coefficient (Wildman–Crippen LogP) is 2.70. The van der Waals surface area contributed by atoms with Gasteiger partial charge in [-0.3, -0.25) is 9.59 Å². The molecule has 2 aromatic carbocycles. The van der Waals surface area contributed by atoms with Crippen LogP contribution in [0.1, 0.15) is 36.8 Å². The number of nitrogens with one attached hydrogen (secondary N) is 2. The van der Waals surface area contributed by atoms with Crippen molar-refractivity contribution in [2.45, 2.75) is 44.2 Å². The number of fused-ring (bicyclic) bond motifs is 1. The van der Waals surface area contributed by atoms with E-state index in [2.05, 4.69) is 10.6 Å². The lowest BCUT2D eigenvalue weighted by Gasteiger charge is -2.32. The summed E-state index contributed by atoms with van der Waals surface area (Å²) in [6, 6.07) is 15.5. The van der Waals surface area contributed by atoms with Gasteiger partial charge in [0.2, 0.25) is 18.6 Å². The van der Waals surface area contributed by atoms with Gasteiger partial charge in [0, 0.05) is 19.4 Å². The molecule has 0 spiro atoms. The molecule has 2 aliphatic rings. The van der Waals surface area contributed by atoms with Crippen LogP contribution in [0.5, 0.6) is 11.5 Å². The average molecular weight is 380 g/mol. The quantitative estimate of drug-likeness (QED) is 0.836. The minimum Gasteiger partial charge on any atom is -0.454 e. The van der Waals surface area contributed by atoms with E-state index in [1.165, 1.54) is 0 Å². The average Bonchev–Trinajstić information content (AvgIpc) is 3.09. The van der Waals surface area contributed by atoms with Crippen LogP contribution in [0.4, 0.5) is 0 Å². The van der Waals surface area contributed by atoms with Crippen molar-refractivity contribution < 1.29 is 19.1 Å². The Labute approximate surface area is 164 Å². The molecule has 1 atom stereocenters. The van der Waals surface area contributed by atoms with Gasteiger partial charge in [-0.1, -0.05) is 42.8 Å². The molecule has 1 unspecified atom stereocenters. The summed E-state index contributed by atoms with van der Waals surface area (Å²) in [5, 5.41) is 6.04. The second kappa shape index (κ2) is 7.92. The Morgan fingerprint density at radius 2 is 1.86 bits per heavy atom. The van der Waals surface area contributed by atoms with Crippen LogP contribution in [-0.4, -0.2) is 24.1 Å². The molecule has 146 valence electrons. The first-order valence-corrected chi connectivity index (χ1v) is 9.66. The lowest BCUT2D eigenvalue weighted by atomic mass is 9.85. The Balaban J connectivity index is 1.51. The van der Waals surface area contributed by atoms with Gasteiger partial charge in [-0.2, -0.15) is 0 Å². The van der Waals surface area contributed by atoms with E-state index in [1.54, 1.807) is 0 Å². The molecule has 2 N–H and O–H groups in total. The van der Waals surface area contributed by atoms with Crippen molar-refractivity contribution in [3.8, 4) is 11.5 Å². The number of amides is 2. The van der Waals surface area contributed by atoms with Crippen LogP contribution in [-0.2, 0) is 22.6 Å². The fourth-order valence-electron chi connectivity index (χ4n) is 3.83. The topological polar surface area (TPSA) is 76.7 Å². The molecule has 0 aliphatic carbocycles. The predicted molar refractivity (Wildman–Crippen MR) is 104 cm³/mol. The summed E-state index contributed by atoms with van der Waals surface area (Å²) in [7, 11) is 0. The second-order valence-electron chi connectivity index (χ2n) is 7.37. The van der Waals surface area contributed by atoms with Gasteiger partial charge in [0.05, 0.1) is 0 Å². The Morgan fingerprint density at radius 3 is 2.71 bits per heavy atom. The van der Waals surface area contributed by atoms with E-state index in [-0.39, 0.29) is 18.6 Å². The Hall–Kier alpha value is -3.02. The van der Waals surface area contributed by atoms with E-state index in [9.17, 15) is 9.59 Å². The third-order valence-electron chi connectivity index (χ3n) is 5.31. The molecular weight excluding hydrogens is 356 g/mol. The summed E-state index contributed by atoms with van der Waals surface area (Å²) < 4.78 is 10.7. The highest BCUT2D eigenvalue weighted by Gasteiger charge is 2.40. The number of carbonyl (C=O) groups is 2. The van der Waals surface area contributed by atoms with Crippen molar-refractivity contribution in [1.82, 2.24) is 10.6 Å². The Kier molecular flexibility index (Phi) is 5.19. The smallest absolute Gasteiger partial charge is 0.246 e. The monoisotopic (exact) mass is 380 g/mol. The molecule has 0 bridgehead atoms. The van der Waals surface area contributed by atoms with Gasteiger partial charge in [0.25, 0.3) is 0 Å². The van der Waals surface area contributed by atoms with Gasteiger partial charge in [-0.15, -0.1) is 0 Å². The highest BCUT2D eigenvalue weighted by Crippen LogP contribution is 2.32. The number of hydrogen-bond donors (Lipinski definition) is 2. The van der Waals surface area contributed by atoms with E-state index in [0.717, 1.165) is 24.0 Å². The van der Waals surface area contributed by atoms with E-state index in [1.807, 2.05) is 48.5 Å². The number of benzene rings is 2. The third kappa shape index (κ3) is 3.96. The molecule has 2 heterocycles. The van der Waals surface area contributed by atoms with Crippen molar-refractivity contribution in [2.75, 3.05) is 6.79 Å². The molecule has 0 radical (unpaired) electrons. The summed E-state index contributed by atoms with van der Waals surface area (Å²) in [6.45, 7) is 0.583. The molecule has 6 nitrogen and oxygen atoms in total.